The molecule has 2 aromatic rings. The van der Waals surface area contributed by atoms with Crippen LogP contribution in [-0.2, 0) is 9.53 Å². The summed E-state index contributed by atoms with van der Waals surface area (Å²) >= 11 is 1.64. The van der Waals surface area contributed by atoms with Gasteiger partial charge in [-0.05, 0) is 19.1 Å². The van der Waals surface area contributed by atoms with Gasteiger partial charge in [0.1, 0.15) is 5.52 Å². The zero-order valence-corrected chi connectivity index (χ0v) is 12.1. The third-order valence-corrected chi connectivity index (χ3v) is 4.25. The van der Waals surface area contributed by atoms with Crippen molar-refractivity contribution < 1.29 is 13.9 Å². The average Bonchev–Trinajstić information content (AvgIpc) is 2.87. The van der Waals surface area contributed by atoms with Crippen LogP contribution in [0.25, 0.3) is 11.1 Å². The Balaban J connectivity index is 1.99. The lowest BCUT2D eigenvalue weighted by atomic mass is 10.2. The molecule has 0 aliphatic heterocycles. The number of ether oxygens (including phenoxy) is 1. The number of esters is 1. The molecule has 1 aromatic heterocycles. The second kappa shape index (κ2) is 6.10. The Kier molecular flexibility index (Phi) is 4.47. The van der Waals surface area contributed by atoms with Gasteiger partial charge < -0.3 is 9.15 Å². The van der Waals surface area contributed by atoms with E-state index in [-0.39, 0.29) is 17.1 Å². The first-order valence-corrected chi connectivity index (χ1v) is 7.21. The molecule has 0 radical (unpaired) electrons. The Bertz CT molecular complexity index is 534. The number of rotatable bonds is 5. The largest absolute Gasteiger partial charge is 0.469 e. The van der Waals surface area contributed by atoms with E-state index in [0.29, 0.717) is 11.6 Å². The molecule has 19 heavy (non-hydrogen) atoms. The Labute approximate surface area is 116 Å². The van der Waals surface area contributed by atoms with Gasteiger partial charge in [0, 0.05) is 5.75 Å². The van der Waals surface area contributed by atoms with Crippen molar-refractivity contribution in [2.45, 2.75) is 19.1 Å². The number of para-hydroxylation sites is 2. The summed E-state index contributed by atoms with van der Waals surface area (Å²) in [5.74, 6) is 1.08. The van der Waals surface area contributed by atoms with Gasteiger partial charge in [0.2, 0.25) is 5.89 Å². The van der Waals surface area contributed by atoms with E-state index in [9.17, 15) is 4.79 Å². The lowest BCUT2D eigenvalue weighted by Crippen LogP contribution is -2.15. The summed E-state index contributed by atoms with van der Waals surface area (Å²) in [7, 11) is 1.41. The monoisotopic (exact) mass is 279 g/mol. The van der Waals surface area contributed by atoms with Gasteiger partial charge in [0.15, 0.2) is 5.58 Å². The first kappa shape index (κ1) is 13.9. The molecular weight excluding hydrogens is 262 g/mol. The summed E-state index contributed by atoms with van der Waals surface area (Å²) in [6, 6.07) is 7.69. The van der Waals surface area contributed by atoms with Gasteiger partial charge in [-0.1, -0.05) is 19.1 Å². The number of carbonyl (C=O) groups is 1. The zero-order valence-electron chi connectivity index (χ0n) is 11.3. The zero-order chi connectivity index (χ0) is 13.8. The minimum absolute atomic E-state index is 0.111. The quantitative estimate of drug-likeness (QED) is 0.785. The van der Waals surface area contributed by atoms with Crippen LogP contribution in [0, 0.1) is 5.92 Å². The summed E-state index contributed by atoms with van der Waals surface area (Å²) < 4.78 is 10.4. The lowest BCUT2D eigenvalue weighted by Gasteiger charge is -2.11. The van der Waals surface area contributed by atoms with Crippen LogP contribution in [0.5, 0.6) is 0 Å². The number of aromatic nitrogens is 1. The summed E-state index contributed by atoms with van der Waals surface area (Å²) in [6.45, 7) is 3.89. The molecule has 102 valence electrons. The van der Waals surface area contributed by atoms with Crippen molar-refractivity contribution in [1.82, 2.24) is 4.98 Å². The molecule has 0 spiro atoms. The summed E-state index contributed by atoms with van der Waals surface area (Å²) in [6.07, 6.45) is 0. The third kappa shape index (κ3) is 3.29. The fraction of sp³-hybridized carbons (Fsp3) is 0.429. The second-order valence-electron chi connectivity index (χ2n) is 4.42. The van der Waals surface area contributed by atoms with Crippen LogP contribution >= 0.6 is 11.8 Å². The first-order valence-electron chi connectivity index (χ1n) is 6.16. The number of methoxy groups -OCH3 is 1. The van der Waals surface area contributed by atoms with E-state index < -0.39 is 0 Å². The second-order valence-corrected chi connectivity index (χ2v) is 5.79. The predicted octanol–water partition coefficient (Wildman–Crippen LogP) is 3.43. The van der Waals surface area contributed by atoms with E-state index >= 15 is 0 Å². The molecule has 0 unspecified atom stereocenters. The maximum Gasteiger partial charge on any atom is 0.309 e. The molecule has 1 heterocycles. The van der Waals surface area contributed by atoms with Crippen LogP contribution in [-0.4, -0.2) is 23.8 Å². The highest BCUT2D eigenvalue weighted by atomic mass is 32.2. The highest BCUT2D eigenvalue weighted by molar-refractivity contribution is 7.99. The van der Waals surface area contributed by atoms with E-state index in [0.717, 1.165) is 11.1 Å². The molecule has 5 heteroatoms. The number of thioether (sulfide) groups is 1. The van der Waals surface area contributed by atoms with Gasteiger partial charge in [-0.15, -0.1) is 11.8 Å². The normalized spacial score (nSPS) is 14.3. The Morgan fingerprint density at radius 3 is 2.84 bits per heavy atom. The number of nitrogens with zero attached hydrogens (tertiary/aromatic N) is 1. The molecule has 1 aromatic carbocycles. The smallest absolute Gasteiger partial charge is 0.309 e. The van der Waals surface area contributed by atoms with Crippen molar-refractivity contribution >= 4 is 28.8 Å². The van der Waals surface area contributed by atoms with Crippen LogP contribution in [0.1, 0.15) is 25.0 Å². The molecular formula is C14H17NO3S. The standard InChI is InChI=1S/C14H17NO3S/c1-9(14(16)17-3)8-19-10(2)13-15-11-6-4-5-7-12(11)18-13/h4-7,9-10H,8H2,1-3H3/t9-,10+/m1/s1. The van der Waals surface area contributed by atoms with Crippen LogP contribution in [0.4, 0.5) is 0 Å². The van der Waals surface area contributed by atoms with Gasteiger partial charge in [-0.25, -0.2) is 4.98 Å². The fourth-order valence-electron chi connectivity index (χ4n) is 1.69. The van der Waals surface area contributed by atoms with Gasteiger partial charge in [0.05, 0.1) is 18.3 Å². The highest BCUT2D eigenvalue weighted by Gasteiger charge is 2.18. The predicted molar refractivity (Wildman–Crippen MR) is 76.1 cm³/mol. The summed E-state index contributed by atoms with van der Waals surface area (Å²) in [5.41, 5.74) is 1.66. The topological polar surface area (TPSA) is 52.3 Å². The number of hydrogen-bond donors (Lipinski definition) is 0. The number of fused-ring (bicyclic) bond motifs is 1. The molecule has 0 fully saturated rings. The molecule has 2 atom stereocenters. The summed E-state index contributed by atoms with van der Waals surface area (Å²) in [4.78, 5) is 15.8. The van der Waals surface area contributed by atoms with Crippen molar-refractivity contribution in [2.75, 3.05) is 12.9 Å². The highest BCUT2D eigenvalue weighted by Crippen LogP contribution is 2.31. The van der Waals surface area contributed by atoms with Crippen LogP contribution in [0.15, 0.2) is 28.7 Å². The van der Waals surface area contributed by atoms with E-state index in [1.165, 1.54) is 7.11 Å². The van der Waals surface area contributed by atoms with Crippen molar-refractivity contribution in [3.63, 3.8) is 0 Å². The SMILES string of the molecule is COC(=O)[C@H](C)CS[C@@H](C)c1nc2ccccc2o1. The van der Waals surface area contributed by atoms with Crippen LogP contribution in [0.2, 0.25) is 0 Å². The van der Waals surface area contributed by atoms with Gasteiger partial charge in [0.25, 0.3) is 0 Å². The Hall–Kier alpha value is -1.49. The van der Waals surface area contributed by atoms with Gasteiger partial charge in [-0.2, -0.15) is 0 Å². The number of oxazole rings is 1. The average molecular weight is 279 g/mol. The van der Waals surface area contributed by atoms with Crippen molar-refractivity contribution in [1.29, 1.82) is 0 Å². The fourth-order valence-corrected chi connectivity index (χ4v) is 2.65. The maximum absolute atomic E-state index is 11.3. The first-order chi connectivity index (χ1) is 9.11. The maximum atomic E-state index is 11.3. The third-order valence-electron chi connectivity index (χ3n) is 2.86. The lowest BCUT2D eigenvalue weighted by molar-refractivity contribution is -0.143. The Morgan fingerprint density at radius 2 is 2.16 bits per heavy atom. The number of hydrogen-bond acceptors (Lipinski definition) is 5. The van der Waals surface area contributed by atoms with E-state index in [1.54, 1.807) is 11.8 Å². The van der Waals surface area contributed by atoms with E-state index in [1.807, 2.05) is 38.1 Å². The molecule has 4 nitrogen and oxygen atoms in total. The number of carbonyl (C=O) groups excluding carboxylic acids is 1. The molecule has 0 aliphatic carbocycles. The minimum Gasteiger partial charge on any atom is -0.469 e. The van der Waals surface area contributed by atoms with Crippen molar-refractivity contribution in [3.05, 3.63) is 30.2 Å². The van der Waals surface area contributed by atoms with E-state index in [4.69, 9.17) is 9.15 Å². The van der Waals surface area contributed by atoms with Crippen LogP contribution in [0.3, 0.4) is 0 Å². The molecule has 0 aliphatic rings. The van der Waals surface area contributed by atoms with E-state index in [2.05, 4.69) is 4.98 Å². The minimum atomic E-state index is -0.183. The molecule has 0 N–H and O–H groups in total. The Morgan fingerprint density at radius 1 is 1.42 bits per heavy atom. The number of benzene rings is 1. The molecule has 0 saturated heterocycles. The van der Waals surface area contributed by atoms with Gasteiger partial charge in [-0.3, -0.25) is 4.79 Å². The van der Waals surface area contributed by atoms with Crippen LogP contribution < -0.4 is 0 Å². The molecule has 2 rings (SSSR count). The van der Waals surface area contributed by atoms with Gasteiger partial charge >= 0.3 is 5.97 Å². The van der Waals surface area contributed by atoms with Crippen molar-refractivity contribution in [2.24, 2.45) is 5.92 Å². The van der Waals surface area contributed by atoms with Crippen molar-refractivity contribution in [3.8, 4) is 0 Å². The summed E-state index contributed by atoms with van der Waals surface area (Å²) in [5, 5.41) is 0.111. The molecule has 0 amide bonds. The molecule has 0 saturated carbocycles. The molecule has 0 bridgehead atoms.